The number of anilines is 1. The fourth-order valence-electron chi connectivity index (χ4n) is 1.64. The Morgan fingerprint density at radius 1 is 1.20 bits per heavy atom. The zero-order chi connectivity index (χ0) is 14.8. The molecule has 1 aromatic carbocycles. The minimum absolute atomic E-state index is 0.155. The molecule has 0 atom stereocenters. The van der Waals surface area contributed by atoms with Crippen LogP contribution in [-0.4, -0.2) is 31.8 Å². The lowest BCUT2D eigenvalue weighted by Crippen LogP contribution is -2.13. The third-order valence-corrected chi connectivity index (χ3v) is 2.75. The second-order valence-corrected chi connectivity index (χ2v) is 4.91. The summed E-state index contributed by atoms with van der Waals surface area (Å²) in [4.78, 5) is 11.8. The quantitative estimate of drug-likeness (QED) is 0.555. The predicted octanol–water partition coefficient (Wildman–Crippen LogP) is 3.48. The standard InChI is InChI=1S/C16H25NO3/c1-4-5-10-17-15-8-6-14(7-9-15)16(18)20-12-11-19-13(2)3/h6-9,13,17H,4-5,10-12H2,1-3H3. The molecule has 0 saturated carbocycles. The normalized spacial score (nSPS) is 10.6. The molecule has 0 bridgehead atoms. The molecule has 0 fully saturated rings. The average molecular weight is 279 g/mol. The molecule has 0 aliphatic heterocycles. The zero-order valence-corrected chi connectivity index (χ0v) is 12.6. The molecule has 0 amide bonds. The first kappa shape index (κ1) is 16.5. The number of hydrogen-bond acceptors (Lipinski definition) is 4. The van der Waals surface area contributed by atoms with Crippen LogP contribution in [-0.2, 0) is 9.47 Å². The molecule has 0 unspecified atom stereocenters. The summed E-state index contributed by atoms with van der Waals surface area (Å²) in [6.45, 7) is 7.72. The molecule has 0 spiro atoms. The second-order valence-electron chi connectivity index (χ2n) is 4.91. The van der Waals surface area contributed by atoms with Crippen molar-refractivity contribution in [2.75, 3.05) is 25.1 Å². The van der Waals surface area contributed by atoms with E-state index in [4.69, 9.17) is 9.47 Å². The lowest BCUT2D eigenvalue weighted by Gasteiger charge is -2.09. The van der Waals surface area contributed by atoms with Crippen molar-refractivity contribution in [3.05, 3.63) is 29.8 Å². The number of nitrogens with one attached hydrogen (secondary N) is 1. The van der Waals surface area contributed by atoms with Crippen molar-refractivity contribution in [3.8, 4) is 0 Å². The van der Waals surface area contributed by atoms with Crippen LogP contribution in [0, 0.1) is 0 Å². The largest absolute Gasteiger partial charge is 0.460 e. The lowest BCUT2D eigenvalue weighted by molar-refractivity contribution is 0.0177. The van der Waals surface area contributed by atoms with Crippen molar-refractivity contribution in [3.63, 3.8) is 0 Å². The summed E-state index contributed by atoms with van der Waals surface area (Å²) in [5.41, 5.74) is 1.59. The van der Waals surface area contributed by atoms with Crippen molar-refractivity contribution in [2.45, 2.75) is 39.7 Å². The fourth-order valence-corrected chi connectivity index (χ4v) is 1.64. The van der Waals surface area contributed by atoms with Crippen LogP contribution in [0.3, 0.4) is 0 Å². The number of carbonyl (C=O) groups is 1. The van der Waals surface area contributed by atoms with Crippen LogP contribution in [0.2, 0.25) is 0 Å². The number of hydrogen-bond donors (Lipinski definition) is 1. The molecule has 1 rings (SSSR count). The van der Waals surface area contributed by atoms with E-state index in [0.29, 0.717) is 12.2 Å². The Hall–Kier alpha value is -1.55. The Morgan fingerprint density at radius 2 is 1.90 bits per heavy atom. The van der Waals surface area contributed by atoms with E-state index in [1.165, 1.54) is 0 Å². The Balaban J connectivity index is 2.33. The van der Waals surface area contributed by atoms with E-state index in [-0.39, 0.29) is 18.7 Å². The Labute approximate surface area is 121 Å². The van der Waals surface area contributed by atoms with Crippen LogP contribution >= 0.6 is 0 Å². The number of benzene rings is 1. The molecule has 112 valence electrons. The van der Waals surface area contributed by atoms with Crippen molar-refractivity contribution in [2.24, 2.45) is 0 Å². The highest BCUT2D eigenvalue weighted by atomic mass is 16.6. The highest BCUT2D eigenvalue weighted by Crippen LogP contribution is 2.10. The van der Waals surface area contributed by atoms with Crippen LogP contribution in [0.4, 0.5) is 5.69 Å². The van der Waals surface area contributed by atoms with Gasteiger partial charge in [0, 0.05) is 12.2 Å². The monoisotopic (exact) mass is 279 g/mol. The Bertz CT molecular complexity index is 387. The van der Waals surface area contributed by atoms with Crippen molar-refractivity contribution < 1.29 is 14.3 Å². The minimum atomic E-state index is -0.308. The molecule has 0 radical (unpaired) electrons. The number of esters is 1. The van der Waals surface area contributed by atoms with Crippen molar-refractivity contribution >= 4 is 11.7 Å². The third kappa shape index (κ3) is 6.57. The van der Waals surface area contributed by atoms with Gasteiger partial charge in [-0.1, -0.05) is 13.3 Å². The lowest BCUT2D eigenvalue weighted by atomic mass is 10.2. The maximum Gasteiger partial charge on any atom is 0.338 e. The van der Waals surface area contributed by atoms with E-state index < -0.39 is 0 Å². The van der Waals surface area contributed by atoms with Gasteiger partial charge in [-0.25, -0.2) is 4.79 Å². The molecule has 4 nitrogen and oxygen atoms in total. The smallest absolute Gasteiger partial charge is 0.338 e. The van der Waals surface area contributed by atoms with Gasteiger partial charge in [0.15, 0.2) is 0 Å². The van der Waals surface area contributed by atoms with Crippen LogP contribution in [0.1, 0.15) is 44.0 Å². The molecule has 4 heteroatoms. The van der Waals surface area contributed by atoms with Crippen molar-refractivity contribution in [1.82, 2.24) is 0 Å². The van der Waals surface area contributed by atoms with Gasteiger partial charge >= 0.3 is 5.97 Å². The molecule has 0 aliphatic rings. The molecule has 20 heavy (non-hydrogen) atoms. The summed E-state index contributed by atoms with van der Waals surface area (Å²) in [6, 6.07) is 7.35. The van der Waals surface area contributed by atoms with E-state index in [0.717, 1.165) is 25.1 Å². The minimum Gasteiger partial charge on any atom is -0.460 e. The molecule has 1 aromatic rings. The summed E-state index contributed by atoms with van der Waals surface area (Å²) in [7, 11) is 0. The topological polar surface area (TPSA) is 47.6 Å². The highest BCUT2D eigenvalue weighted by Gasteiger charge is 2.06. The van der Waals surface area contributed by atoms with Gasteiger partial charge in [0.05, 0.1) is 18.3 Å². The summed E-state index contributed by atoms with van der Waals surface area (Å²) in [5, 5.41) is 3.30. The van der Waals surface area contributed by atoms with Gasteiger partial charge in [0.2, 0.25) is 0 Å². The Morgan fingerprint density at radius 3 is 2.50 bits per heavy atom. The van der Waals surface area contributed by atoms with Gasteiger partial charge in [-0.2, -0.15) is 0 Å². The first-order valence-electron chi connectivity index (χ1n) is 7.26. The SMILES string of the molecule is CCCCNc1ccc(C(=O)OCCOC(C)C)cc1. The number of rotatable bonds is 9. The van der Waals surface area contributed by atoms with E-state index in [9.17, 15) is 4.79 Å². The molecule has 0 heterocycles. The average Bonchev–Trinajstić information content (AvgIpc) is 2.44. The zero-order valence-electron chi connectivity index (χ0n) is 12.6. The van der Waals surface area contributed by atoms with Gasteiger partial charge in [0.1, 0.15) is 6.61 Å². The van der Waals surface area contributed by atoms with Gasteiger partial charge in [-0.05, 0) is 44.5 Å². The number of unbranched alkanes of at least 4 members (excludes halogenated alkanes) is 1. The maximum atomic E-state index is 11.8. The summed E-state index contributed by atoms with van der Waals surface area (Å²) in [5.74, 6) is -0.308. The first-order chi connectivity index (χ1) is 9.63. The van der Waals surface area contributed by atoms with E-state index in [1.807, 2.05) is 26.0 Å². The van der Waals surface area contributed by atoms with Crippen LogP contribution in [0.25, 0.3) is 0 Å². The summed E-state index contributed by atoms with van der Waals surface area (Å²) < 4.78 is 10.4. The van der Waals surface area contributed by atoms with Crippen LogP contribution in [0.15, 0.2) is 24.3 Å². The van der Waals surface area contributed by atoms with Crippen LogP contribution < -0.4 is 5.32 Å². The van der Waals surface area contributed by atoms with Gasteiger partial charge in [-0.15, -0.1) is 0 Å². The van der Waals surface area contributed by atoms with E-state index in [1.54, 1.807) is 12.1 Å². The predicted molar refractivity (Wildman–Crippen MR) is 81.2 cm³/mol. The Kier molecular flexibility index (Phi) is 7.73. The number of ether oxygens (including phenoxy) is 2. The summed E-state index contributed by atoms with van der Waals surface area (Å²) in [6.07, 6.45) is 2.46. The molecule has 0 aromatic heterocycles. The number of carbonyl (C=O) groups excluding carboxylic acids is 1. The molecule has 0 aliphatic carbocycles. The maximum absolute atomic E-state index is 11.8. The first-order valence-corrected chi connectivity index (χ1v) is 7.26. The van der Waals surface area contributed by atoms with Gasteiger partial charge in [-0.3, -0.25) is 0 Å². The fraction of sp³-hybridized carbons (Fsp3) is 0.562. The van der Waals surface area contributed by atoms with Crippen LogP contribution in [0.5, 0.6) is 0 Å². The molecule has 1 N–H and O–H groups in total. The van der Waals surface area contributed by atoms with E-state index in [2.05, 4.69) is 12.2 Å². The van der Waals surface area contributed by atoms with Gasteiger partial charge < -0.3 is 14.8 Å². The molecular formula is C16H25NO3. The molecule has 0 saturated heterocycles. The molecular weight excluding hydrogens is 254 g/mol. The van der Waals surface area contributed by atoms with E-state index >= 15 is 0 Å². The second kappa shape index (κ2) is 9.37. The van der Waals surface area contributed by atoms with Crippen molar-refractivity contribution in [1.29, 1.82) is 0 Å². The summed E-state index contributed by atoms with van der Waals surface area (Å²) >= 11 is 0. The third-order valence-electron chi connectivity index (χ3n) is 2.75. The highest BCUT2D eigenvalue weighted by molar-refractivity contribution is 5.89. The van der Waals surface area contributed by atoms with Gasteiger partial charge in [0.25, 0.3) is 0 Å².